The van der Waals surface area contributed by atoms with E-state index in [4.69, 9.17) is 9.47 Å². The van der Waals surface area contributed by atoms with Crippen LogP contribution < -0.4 is 5.43 Å². The molecule has 0 radical (unpaired) electrons. The lowest BCUT2D eigenvalue weighted by atomic mass is 9.90. The number of nitrogens with one attached hydrogen (secondary N) is 1. The molecule has 0 saturated carbocycles. The van der Waals surface area contributed by atoms with Gasteiger partial charge in [0.2, 0.25) is 0 Å². The van der Waals surface area contributed by atoms with Crippen molar-refractivity contribution in [2.45, 2.75) is 24.0 Å². The average molecular weight is 468 g/mol. The van der Waals surface area contributed by atoms with Gasteiger partial charge >= 0.3 is 6.09 Å². The van der Waals surface area contributed by atoms with Gasteiger partial charge in [0, 0.05) is 5.92 Å². The zero-order chi connectivity index (χ0) is 23.4. The summed E-state index contributed by atoms with van der Waals surface area (Å²) < 4.78 is 12.3. The van der Waals surface area contributed by atoms with Gasteiger partial charge in [0.05, 0.1) is 5.92 Å². The van der Waals surface area contributed by atoms with Gasteiger partial charge in [-0.15, -0.1) is 4.59 Å². The Morgan fingerprint density at radius 1 is 0.971 bits per heavy atom. The van der Waals surface area contributed by atoms with Crippen molar-refractivity contribution in [1.29, 1.82) is 0 Å². The van der Waals surface area contributed by atoms with Crippen molar-refractivity contribution in [3.63, 3.8) is 0 Å². The Kier molecular flexibility index (Phi) is 4.77. The van der Waals surface area contributed by atoms with Gasteiger partial charge in [-0.05, 0) is 32.9 Å². The molecule has 0 bridgehead atoms. The van der Waals surface area contributed by atoms with Crippen LogP contribution in [0.3, 0.4) is 0 Å². The predicted octanol–water partition coefficient (Wildman–Crippen LogP) is 4.04. The van der Waals surface area contributed by atoms with E-state index in [1.54, 1.807) is 6.34 Å². The van der Waals surface area contributed by atoms with Crippen molar-refractivity contribution in [2.75, 3.05) is 26.4 Å². The number of nitrogens with zero attached hydrogens (tertiary/aromatic N) is 3. The number of aliphatic imine (C=N–C) groups is 1. The largest absolute Gasteiger partial charge is 0.537 e. The Bertz CT molecular complexity index is 1260. The summed E-state index contributed by atoms with van der Waals surface area (Å²) in [5.74, 6) is 0.131. The number of amides is 1. The molecule has 0 spiro atoms. The molecule has 4 atom stereocenters. The molecule has 7 rings (SSSR count). The summed E-state index contributed by atoms with van der Waals surface area (Å²) in [7, 11) is 0. The normalized spacial score (nSPS) is 28.6. The quantitative estimate of drug-likeness (QED) is 0.464. The molecule has 3 aliphatic heterocycles. The van der Waals surface area contributed by atoms with Crippen LogP contribution in [0.4, 0.5) is 4.79 Å². The lowest BCUT2D eigenvalue weighted by molar-refractivity contribution is -0.980. The van der Waals surface area contributed by atoms with Crippen LogP contribution >= 0.6 is 0 Å². The Labute approximate surface area is 204 Å². The first-order valence-corrected chi connectivity index (χ1v) is 12.2. The Morgan fingerprint density at radius 2 is 1.66 bits per heavy atom. The number of piperidine rings is 1. The number of ether oxygens (including phenoxy) is 2. The maximum absolute atomic E-state index is 14.0. The second-order valence-electron chi connectivity index (χ2n) is 9.73. The van der Waals surface area contributed by atoms with Gasteiger partial charge in [-0.1, -0.05) is 78.9 Å². The molecule has 2 fully saturated rings. The number of fused-ring (bicyclic) bond motifs is 4. The molecule has 4 aliphatic rings. The highest BCUT2D eigenvalue weighted by Crippen LogP contribution is 2.47. The fourth-order valence-corrected chi connectivity index (χ4v) is 6.11. The molecular formula is C28H27N4O3+. The SMILES string of the molecule is O=C(OCC1c2ccccc2-c2ccccc21)[N+]1(N2CN=CN2)CC2OC2C(c2ccccc2)C1. The van der Waals surface area contributed by atoms with E-state index in [1.807, 2.05) is 23.3 Å². The molecule has 1 amide bonds. The van der Waals surface area contributed by atoms with Crippen LogP contribution in [0.15, 0.2) is 83.9 Å². The van der Waals surface area contributed by atoms with E-state index < -0.39 is 0 Å². The monoisotopic (exact) mass is 467 g/mol. The zero-order valence-electron chi connectivity index (χ0n) is 19.3. The third-order valence-electron chi connectivity index (χ3n) is 7.88. The molecule has 0 aromatic heterocycles. The highest BCUT2D eigenvalue weighted by molar-refractivity contribution is 5.79. The number of likely N-dealkylation sites (tertiary alicyclic amines) is 1. The molecule has 35 heavy (non-hydrogen) atoms. The molecule has 3 aromatic carbocycles. The summed E-state index contributed by atoms with van der Waals surface area (Å²) in [6.45, 7) is 1.80. The summed E-state index contributed by atoms with van der Waals surface area (Å²) in [4.78, 5) is 18.3. The van der Waals surface area contributed by atoms with Gasteiger partial charge in [0.25, 0.3) is 0 Å². The maximum atomic E-state index is 14.0. The summed E-state index contributed by atoms with van der Waals surface area (Å²) in [5, 5.41) is 1.88. The summed E-state index contributed by atoms with van der Waals surface area (Å²) in [6.07, 6.45) is 1.55. The van der Waals surface area contributed by atoms with Gasteiger partial charge in [-0.2, -0.15) is 4.79 Å². The summed E-state index contributed by atoms with van der Waals surface area (Å²) in [6, 6.07) is 27.2. The number of hydrazine groups is 1. The van der Waals surface area contributed by atoms with E-state index in [9.17, 15) is 4.79 Å². The van der Waals surface area contributed by atoms with Gasteiger partial charge in [-0.3, -0.25) is 10.4 Å². The van der Waals surface area contributed by atoms with Crippen LogP contribution in [0.25, 0.3) is 11.1 Å². The Balaban J connectivity index is 1.18. The number of benzene rings is 3. The van der Waals surface area contributed by atoms with Crippen molar-refractivity contribution >= 4 is 12.4 Å². The van der Waals surface area contributed by atoms with Crippen molar-refractivity contribution in [2.24, 2.45) is 4.99 Å². The summed E-state index contributed by atoms with van der Waals surface area (Å²) in [5.41, 5.74) is 9.23. The zero-order valence-corrected chi connectivity index (χ0v) is 19.3. The number of hydrogen-bond acceptors (Lipinski definition) is 6. The Morgan fingerprint density at radius 3 is 2.34 bits per heavy atom. The molecule has 1 N–H and O–H groups in total. The van der Waals surface area contributed by atoms with E-state index in [2.05, 4.69) is 71.1 Å². The minimum atomic E-state index is -0.264. The number of rotatable bonds is 4. The second kappa shape index (κ2) is 8.02. The molecular weight excluding hydrogens is 440 g/mol. The number of quaternary nitrogens is 1. The van der Waals surface area contributed by atoms with Crippen molar-refractivity contribution in [1.82, 2.24) is 10.5 Å². The molecule has 176 valence electrons. The number of carbonyl (C=O) groups is 1. The smallest absolute Gasteiger partial charge is 0.418 e. The number of carbonyl (C=O) groups excluding carboxylic acids is 1. The summed E-state index contributed by atoms with van der Waals surface area (Å²) >= 11 is 0. The maximum Gasteiger partial charge on any atom is 0.537 e. The van der Waals surface area contributed by atoms with E-state index in [1.165, 1.54) is 27.8 Å². The van der Waals surface area contributed by atoms with Gasteiger partial charge < -0.3 is 9.47 Å². The highest BCUT2D eigenvalue weighted by atomic mass is 16.6. The molecule has 3 aromatic rings. The Hall–Kier alpha value is -3.52. The minimum absolute atomic E-state index is 0.0221. The minimum Gasteiger partial charge on any atom is -0.418 e. The van der Waals surface area contributed by atoms with Gasteiger partial charge in [0.15, 0.2) is 6.67 Å². The van der Waals surface area contributed by atoms with E-state index in [-0.39, 0.29) is 34.7 Å². The van der Waals surface area contributed by atoms with Crippen LogP contribution in [0.1, 0.15) is 28.5 Å². The van der Waals surface area contributed by atoms with Crippen molar-refractivity contribution < 1.29 is 18.9 Å². The topological polar surface area (TPSA) is 66.5 Å². The van der Waals surface area contributed by atoms with Gasteiger partial charge in [0.1, 0.15) is 38.2 Å². The molecule has 7 nitrogen and oxygen atoms in total. The lowest BCUT2D eigenvalue weighted by Crippen LogP contribution is -2.70. The molecule has 4 unspecified atom stereocenters. The highest BCUT2D eigenvalue weighted by Gasteiger charge is 2.64. The molecule has 2 saturated heterocycles. The first-order valence-electron chi connectivity index (χ1n) is 12.2. The van der Waals surface area contributed by atoms with Crippen LogP contribution in [-0.4, -0.2) is 60.7 Å². The van der Waals surface area contributed by atoms with Crippen LogP contribution in [-0.2, 0) is 9.47 Å². The molecule has 7 heteroatoms. The van der Waals surface area contributed by atoms with Crippen LogP contribution in [0.2, 0.25) is 0 Å². The molecule has 1 aliphatic carbocycles. The lowest BCUT2D eigenvalue weighted by Gasteiger charge is -2.42. The van der Waals surface area contributed by atoms with E-state index in [0.717, 1.165) is 0 Å². The number of hydrogen-bond donors (Lipinski definition) is 1. The standard InChI is InChI=1S/C28H27N4O3/c33-28(34-16-25-22-12-6-4-10-20(22)21-11-5-7-13-23(21)25)32(31-18-29-17-30-31)14-24(27-26(15-32)35-27)19-8-2-1-3-9-19/h1-13,17,24-27H,14-16,18H2,(H,29,30)/q+1. The first-order chi connectivity index (χ1) is 17.2. The second-order valence-corrected chi connectivity index (χ2v) is 9.73. The van der Waals surface area contributed by atoms with Crippen molar-refractivity contribution in [3.8, 4) is 11.1 Å². The predicted molar refractivity (Wildman–Crippen MR) is 131 cm³/mol. The fraction of sp³-hybridized carbons (Fsp3) is 0.286. The first kappa shape index (κ1) is 20.8. The van der Waals surface area contributed by atoms with Crippen LogP contribution in [0.5, 0.6) is 0 Å². The fourth-order valence-electron chi connectivity index (χ4n) is 6.11. The van der Waals surface area contributed by atoms with E-state index in [0.29, 0.717) is 26.4 Å². The number of epoxide rings is 1. The van der Waals surface area contributed by atoms with Crippen molar-refractivity contribution in [3.05, 3.63) is 95.6 Å². The molecule has 3 heterocycles. The third-order valence-corrected chi connectivity index (χ3v) is 7.88. The third kappa shape index (κ3) is 3.31. The van der Waals surface area contributed by atoms with Crippen LogP contribution in [0, 0.1) is 0 Å². The van der Waals surface area contributed by atoms with E-state index >= 15 is 0 Å². The average Bonchev–Trinajstić information content (AvgIpc) is 3.33. The van der Waals surface area contributed by atoms with Gasteiger partial charge in [-0.25, -0.2) is 0 Å².